The van der Waals surface area contributed by atoms with E-state index in [1.54, 1.807) is 0 Å². The zero-order valence-corrected chi connectivity index (χ0v) is 12.1. The fourth-order valence-electron chi connectivity index (χ4n) is 6.36. The number of rotatable bonds is 1. The van der Waals surface area contributed by atoms with Crippen molar-refractivity contribution in [2.24, 2.45) is 35.0 Å². The van der Waals surface area contributed by atoms with Gasteiger partial charge in [0.05, 0.1) is 11.5 Å². The molecule has 4 aliphatic carbocycles. The van der Waals surface area contributed by atoms with Gasteiger partial charge in [-0.3, -0.25) is 0 Å². The Balaban J connectivity index is 1.62. The summed E-state index contributed by atoms with van der Waals surface area (Å²) < 4.78 is 0. The quantitative estimate of drug-likeness (QED) is 0.721. The minimum Gasteiger partial charge on any atom is -0.306 e. The van der Waals surface area contributed by atoms with Gasteiger partial charge in [0, 0.05) is 0 Å². The Morgan fingerprint density at radius 3 is 1.95 bits per heavy atom. The van der Waals surface area contributed by atoms with Crippen molar-refractivity contribution in [3.05, 3.63) is 0 Å². The van der Waals surface area contributed by atoms with Crippen LogP contribution in [0.25, 0.3) is 0 Å². The molecule has 0 radical (unpaired) electrons. The maximum atomic E-state index is 9.94. The summed E-state index contributed by atoms with van der Waals surface area (Å²) >= 11 is 0. The lowest BCUT2D eigenvalue weighted by atomic mass is 9.45. The second-order valence-electron chi connectivity index (χ2n) is 8.03. The van der Waals surface area contributed by atoms with Crippen LogP contribution in [0.4, 0.5) is 0 Å². The summed E-state index contributed by atoms with van der Waals surface area (Å²) in [5.74, 6) is 4.61. The minimum atomic E-state index is 0.0368. The molecule has 5 fully saturated rings. The molecule has 104 valence electrons. The number of nitriles is 1. The molecule has 0 atom stereocenters. The normalized spacial score (nSPS) is 48.1. The van der Waals surface area contributed by atoms with Gasteiger partial charge in [-0.15, -0.1) is 0 Å². The zero-order chi connectivity index (χ0) is 13.0. The summed E-state index contributed by atoms with van der Waals surface area (Å²) in [5.41, 5.74) is 0.0368. The lowest BCUT2D eigenvalue weighted by molar-refractivity contribution is -0.0933. The summed E-state index contributed by atoms with van der Waals surface area (Å²) in [6.07, 6.45) is 9.60. The number of likely N-dealkylation sites (tertiary alicyclic amines) is 1. The lowest BCUT2D eigenvalue weighted by Crippen LogP contribution is -2.54. The third kappa shape index (κ3) is 1.77. The Kier molecular flexibility index (Phi) is 2.71. The predicted molar refractivity (Wildman–Crippen MR) is 75.3 cm³/mol. The first-order valence-electron chi connectivity index (χ1n) is 8.30. The van der Waals surface area contributed by atoms with Gasteiger partial charge in [-0.1, -0.05) is 0 Å². The zero-order valence-electron chi connectivity index (χ0n) is 12.1. The fourth-order valence-corrected chi connectivity index (χ4v) is 6.36. The van der Waals surface area contributed by atoms with Crippen molar-refractivity contribution in [1.29, 1.82) is 5.26 Å². The van der Waals surface area contributed by atoms with Crippen molar-refractivity contribution in [3.63, 3.8) is 0 Å². The molecule has 0 aromatic carbocycles. The number of hydrogen-bond acceptors (Lipinski definition) is 2. The highest BCUT2D eigenvalue weighted by Crippen LogP contribution is 2.62. The van der Waals surface area contributed by atoms with Gasteiger partial charge in [0.25, 0.3) is 0 Å². The first-order valence-corrected chi connectivity index (χ1v) is 8.30. The predicted octanol–water partition coefficient (Wildman–Crippen LogP) is 3.29. The monoisotopic (exact) mass is 258 g/mol. The summed E-state index contributed by atoms with van der Waals surface area (Å²) in [5, 5.41) is 9.94. The maximum absolute atomic E-state index is 9.94. The Morgan fingerprint density at radius 1 is 0.947 bits per heavy atom. The fraction of sp³-hybridized carbons (Fsp3) is 0.941. The van der Waals surface area contributed by atoms with Crippen molar-refractivity contribution in [3.8, 4) is 6.07 Å². The molecule has 4 saturated carbocycles. The van der Waals surface area contributed by atoms with Crippen LogP contribution in [0.2, 0.25) is 0 Å². The SMILES string of the molecule is CN1CCC(C#N)(C2C3CC4CC(C3)CC2C4)CC1. The van der Waals surface area contributed by atoms with Crippen molar-refractivity contribution >= 4 is 0 Å². The third-order valence-corrected chi connectivity index (χ3v) is 6.97. The Morgan fingerprint density at radius 2 is 1.47 bits per heavy atom. The highest BCUT2D eigenvalue weighted by Gasteiger charge is 2.56. The van der Waals surface area contributed by atoms with E-state index in [1.807, 2.05) is 0 Å². The van der Waals surface area contributed by atoms with Gasteiger partial charge >= 0.3 is 0 Å². The van der Waals surface area contributed by atoms with E-state index in [1.165, 1.54) is 32.1 Å². The summed E-state index contributed by atoms with van der Waals surface area (Å²) in [4.78, 5) is 2.41. The molecule has 1 saturated heterocycles. The van der Waals surface area contributed by atoms with E-state index < -0.39 is 0 Å². The molecule has 0 unspecified atom stereocenters. The van der Waals surface area contributed by atoms with Crippen LogP contribution < -0.4 is 0 Å². The van der Waals surface area contributed by atoms with Gasteiger partial charge in [0.15, 0.2) is 0 Å². The topological polar surface area (TPSA) is 27.0 Å². The smallest absolute Gasteiger partial charge is 0.0693 e. The molecule has 0 spiro atoms. The van der Waals surface area contributed by atoms with E-state index in [9.17, 15) is 5.26 Å². The molecule has 0 aromatic heterocycles. The van der Waals surface area contributed by atoms with E-state index in [-0.39, 0.29) is 5.41 Å². The van der Waals surface area contributed by atoms with Gasteiger partial charge in [0.2, 0.25) is 0 Å². The van der Waals surface area contributed by atoms with E-state index >= 15 is 0 Å². The van der Waals surface area contributed by atoms with Crippen LogP contribution in [-0.2, 0) is 0 Å². The van der Waals surface area contributed by atoms with Gasteiger partial charge in [-0.25, -0.2) is 0 Å². The summed E-state index contributed by atoms with van der Waals surface area (Å²) in [6, 6.07) is 2.84. The van der Waals surface area contributed by atoms with Crippen molar-refractivity contribution < 1.29 is 0 Å². The Bertz CT molecular complexity index is 372. The van der Waals surface area contributed by atoms with E-state index in [0.717, 1.165) is 55.5 Å². The molecule has 0 amide bonds. The molecule has 1 aliphatic heterocycles. The van der Waals surface area contributed by atoms with Gasteiger partial charge in [-0.2, -0.15) is 5.26 Å². The summed E-state index contributed by atoms with van der Waals surface area (Å²) in [7, 11) is 2.21. The largest absolute Gasteiger partial charge is 0.306 e. The molecule has 0 aromatic rings. The number of piperidine rings is 1. The molecular formula is C17H26N2. The first-order chi connectivity index (χ1) is 9.20. The molecule has 2 nitrogen and oxygen atoms in total. The Hall–Kier alpha value is -0.550. The molecule has 4 bridgehead atoms. The third-order valence-electron chi connectivity index (χ3n) is 6.97. The molecule has 2 heteroatoms. The molecule has 5 rings (SSSR count). The maximum Gasteiger partial charge on any atom is 0.0693 e. The molecule has 19 heavy (non-hydrogen) atoms. The highest BCUT2D eigenvalue weighted by molar-refractivity contribution is 5.12. The minimum absolute atomic E-state index is 0.0368. The molecule has 0 N–H and O–H groups in total. The van der Waals surface area contributed by atoms with Gasteiger partial charge in [0.1, 0.15) is 0 Å². The van der Waals surface area contributed by atoms with E-state index in [0.29, 0.717) is 0 Å². The van der Waals surface area contributed by atoms with Crippen molar-refractivity contribution in [2.45, 2.75) is 44.9 Å². The van der Waals surface area contributed by atoms with Gasteiger partial charge < -0.3 is 4.90 Å². The second kappa shape index (κ2) is 4.22. The van der Waals surface area contributed by atoms with Crippen LogP contribution >= 0.6 is 0 Å². The lowest BCUT2D eigenvalue weighted by Gasteiger charge is -2.59. The first kappa shape index (κ1) is 12.2. The number of hydrogen-bond donors (Lipinski definition) is 0. The van der Waals surface area contributed by atoms with Crippen LogP contribution in [0.5, 0.6) is 0 Å². The molecular weight excluding hydrogens is 232 g/mol. The highest BCUT2D eigenvalue weighted by atomic mass is 15.1. The average molecular weight is 258 g/mol. The van der Waals surface area contributed by atoms with Crippen LogP contribution in [0.1, 0.15) is 44.9 Å². The van der Waals surface area contributed by atoms with Crippen molar-refractivity contribution in [1.82, 2.24) is 4.90 Å². The number of nitrogens with zero attached hydrogens (tertiary/aromatic N) is 2. The van der Waals surface area contributed by atoms with Crippen LogP contribution in [0.3, 0.4) is 0 Å². The van der Waals surface area contributed by atoms with E-state index in [4.69, 9.17) is 0 Å². The standard InChI is InChI=1S/C17H26N2/c1-19-4-2-17(11-18,3-5-19)16-14-7-12-6-13(9-14)10-15(16)8-12/h12-16H,2-10H2,1H3. The van der Waals surface area contributed by atoms with E-state index in [2.05, 4.69) is 18.0 Å². The Labute approximate surface area is 117 Å². The van der Waals surface area contributed by atoms with Crippen molar-refractivity contribution in [2.75, 3.05) is 20.1 Å². The van der Waals surface area contributed by atoms with Crippen LogP contribution in [-0.4, -0.2) is 25.0 Å². The summed E-state index contributed by atoms with van der Waals surface area (Å²) in [6.45, 7) is 2.27. The van der Waals surface area contributed by atoms with Crippen LogP contribution in [0.15, 0.2) is 0 Å². The average Bonchev–Trinajstić information content (AvgIpc) is 2.40. The molecule has 5 aliphatic rings. The molecule has 1 heterocycles. The van der Waals surface area contributed by atoms with Crippen LogP contribution in [0, 0.1) is 46.3 Å². The second-order valence-corrected chi connectivity index (χ2v) is 8.03. The van der Waals surface area contributed by atoms with Gasteiger partial charge in [-0.05, 0) is 94.7 Å².